The largest absolute Gasteiger partial charge is 0.456 e. The summed E-state index contributed by atoms with van der Waals surface area (Å²) in [6.45, 7) is -0.0571. The minimum atomic E-state index is -0.0625. The first-order valence-electron chi connectivity index (χ1n) is 19.0. The van der Waals surface area contributed by atoms with Gasteiger partial charge in [-0.1, -0.05) is 103 Å². The average Bonchev–Trinajstić information content (AvgIpc) is 3.62. The van der Waals surface area contributed by atoms with E-state index in [9.17, 15) is 0 Å². The molecular formula is C48H27B2N3O2. The number of hydrogen-bond donors (Lipinski definition) is 0. The summed E-state index contributed by atoms with van der Waals surface area (Å²) in [6, 6.07) is 59.5. The van der Waals surface area contributed by atoms with E-state index in [0.717, 1.165) is 56.2 Å². The number of ether oxygens (including phenoxy) is 1. The highest BCUT2D eigenvalue weighted by molar-refractivity contribution is 7.05. The van der Waals surface area contributed by atoms with Gasteiger partial charge in [0, 0.05) is 45.2 Å². The third kappa shape index (κ3) is 3.35. The molecule has 55 heavy (non-hydrogen) atoms. The Bertz CT molecular complexity index is 3180. The van der Waals surface area contributed by atoms with Crippen molar-refractivity contribution in [2.24, 2.45) is 0 Å². The van der Waals surface area contributed by atoms with Gasteiger partial charge in [0.25, 0.3) is 13.4 Å². The van der Waals surface area contributed by atoms with Crippen LogP contribution in [0.25, 0.3) is 21.9 Å². The number of hydrogen-bond acceptors (Lipinski definition) is 5. The molecule has 0 spiro atoms. The Hall–Kier alpha value is -7.11. The monoisotopic (exact) mass is 699 g/mol. The highest BCUT2D eigenvalue weighted by Crippen LogP contribution is 2.58. The SMILES string of the molecule is c1ccc(N2c3ccccc3B3c4cccc5c4N4c6c3c2cc2c6B(c3ccccc3N2c2ccccc2)c2cc3oc6ccccc6c3c(c24)O5)cc1. The zero-order valence-corrected chi connectivity index (χ0v) is 29.4. The van der Waals surface area contributed by atoms with Crippen LogP contribution in [0.15, 0.2) is 168 Å². The highest BCUT2D eigenvalue weighted by Gasteiger charge is 2.54. The molecule has 5 aliphatic rings. The lowest BCUT2D eigenvalue weighted by Crippen LogP contribution is -2.69. The number of rotatable bonds is 2. The van der Waals surface area contributed by atoms with Crippen molar-refractivity contribution in [2.45, 2.75) is 0 Å². The molecule has 0 saturated carbocycles. The smallest absolute Gasteiger partial charge is 0.252 e. The average molecular weight is 699 g/mol. The van der Waals surface area contributed by atoms with Gasteiger partial charge in [-0.05, 0) is 93.4 Å². The van der Waals surface area contributed by atoms with Gasteiger partial charge >= 0.3 is 0 Å². The summed E-state index contributed by atoms with van der Waals surface area (Å²) >= 11 is 0. The highest BCUT2D eigenvalue weighted by atomic mass is 16.5. The molecule has 0 unspecified atom stereocenters. The van der Waals surface area contributed by atoms with E-state index < -0.39 is 0 Å². The summed E-state index contributed by atoms with van der Waals surface area (Å²) in [5, 5.41) is 2.09. The summed E-state index contributed by atoms with van der Waals surface area (Å²) in [5.74, 6) is 1.74. The molecule has 252 valence electrons. The van der Waals surface area contributed by atoms with Crippen LogP contribution in [0, 0.1) is 0 Å². The minimum absolute atomic E-state index is 0.00541. The van der Waals surface area contributed by atoms with E-state index in [2.05, 4.69) is 172 Å². The molecule has 0 N–H and O–H groups in total. The molecular weight excluding hydrogens is 672 g/mol. The lowest BCUT2D eigenvalue weighted by Gasteiger charge is -2.52. The first kappa shape index (κ1) is 28.4. The Morgan fingerprint density at radius 2 is 0.982 bits per heavy atom. The Morgan fingerprint density at radius 3 is 1.67 bits per heavy atom. The quantitative estimate of drug-likeness (QED) is 0.169. The third-order valence-electron chi connectivity index (χ3n) is 12.6. The van der Waals surface area contributed by atoms with E-state index in [0.29, 0.717) is 0 Å². The second-order valence-electron chi connectivity index (χ2n) is 15.2. The summed E-state index contributed by atoms with van der Waals surface area (Å²) in [5.41, 5.74) is 19.9. The maximum Gasteiger partial charge on any atom is 0.252 e. The van der Waals surface area contributed by atoms with E-state index in [4.69, 9.17) is 9.15 Å². The van der Waals surface area contributed by atoms with Crippen molar-refractivity contribution in [3.63, 3.8) is 0 Å². The molecule has 0 saturated heterocycles. The van der Waals surface area contributed by atoms with Crippen molar-refractivity contribution in [2.75, 3.05) is 14.7 Å². The molecule has 5 nitrogen and oxygen atoms in total. The van der Waals surface area contributed by atoms with Crippen molar-refractivity contribution in [3.05, 3.63) is 164 Å². The van der Waals surface area contributed by atoms with Crippen LogP contribution >= 0.6 is 0 Å². The molecule has 0 bridgehead atoms. The van der Waals surface area contributed by atoms with Crippen LogP contribution in [0.5, 0.6) is 11.5 Å². The molecule has 0 amide bonds. The Morgan fingerprint density at radius 1 is 0.400 bits per heavy atom. The molecule has 0 atom stereocenters. The molecule has 14 rings (SSSR count). The van der Waals surface area contributed by atoms with E-state index >= 15 is 0 Å². The molecule has 1 aromatic heterocycles. The fourth-order valence-corrected chi connectivity index (χ4v) is 10.6. The first-order valence-corrected chi connectivity index (χ1v) is 19.0. The van der Waals surface area contributed by atoms with Crippen molar-refractivity contribution < 1.29 is 9.15 Å². The first-order chi connectivity index (χ1) is 27.3. The standard InChI is InChI=1S/C48H27B2N3O2/c1-3-14-28(15-4-1)51-35-22-10-8-19-31(35)49-33-21-13-25-40-45(33)53-46-34(26-41-42(48(46)55-40)30-18-7-12-24-39(30)54-41)50-32-20-9-11-23-36(32)52(29-16-5-2-6-17-29)38-27-37(51)43(49)47(53)44(38)50/h1-27H. The topological polar surface area (TPSA) is 32.1 Å². The second kappa shape index (κ2) is 9.90. The van der Waals surface area contributed by atoms with Crippen LogP contribution in [0.4, 0.5) is 51.2 Å². The molecule has 0 radical (unpaired) electrons. The molecule has 0 fully saturated rings. The molecule has 8 aromatic carbocycles. The Labute approximate surface area is 317 Å². The number of fused-ring (bicyclic) bond motifs is 10. The maximum absolute atomic E-state index is 7.25. The van der Waals surface area contributed by atoms with Gasteiger partial charge in [0.1, 0.15) is 11.2 Å². The van der Waals surface area contributed by atoms with Crippen molar-refractivity contribution >= 4 is 119 Å². The summed E-state index contributed by atoms with van der Waals surface area (Å²) in [7, 11) is 0. The zero-order valence-electron chi connectivity index (χ0n) is 29.4. The molecule has 9 aromatic rings. The number of nitrogens with zero attached hydrogens (tertiary/aromatic N) is 3. The number of para-hydroxylation sites is 6. The van der Waals surface area contributed by atoms with Crippen LogP contribution in [0.1, 0.15) is 0 Å². The van der Waals surface area contributed by atoms with Crippen LogP contribution in [0.2, 0.25) is 0 Å². The normalized spacial score (nSPS) is 14.5. The van der Waals surface area contributed by atoms with Crippen molar-refractivity contribution in [3.8, 4) is 11.5 Å². The summed E-state index contributed by atoms with van der Waals surface area (Å²) < 4.78 is 13.9. The van der Waals surface area contributed by atoms with Gasteiger partial charge in [0.15, 0.2) is 11.5 Å². The molecule has 5 aliphatic heterocycles. The number of furan rings is 1. The molecule has 6 heterocycles. The van der Waals surface area contributed by atoms with Crippen molar-refractivity contribution in [1.82, 2.24) is 0 Å². The van der Waals surface area contributed by atoms with Gasteiger partial charge in [-0.2, -0.15) is 0 Å². The van der Waals surface area contributed by atoms with Crippen LogP contribution < -0.4 is 52.2 Å². The molecule has 7 heteroatoms. The van der Waals surface area contributed by atoms with E-state index in [1.54, 1.807) is 0 Å². The van der Waals surface area contributed by atoms with Gasteiger partial charge in [-0.3, -0.25) is 0 Å². The maximum atomic E-state index is 7.25. The van der Waals surface area contributed by atoms with Gasteiger partial charge in [-0.25, -0.2) is 0 Å². The van der Waals surface area contributed by atoms with Crippen LogP contribution in [-0.4, -0.2) is 13.4 Å². The number of benzene rings is 8. The predicted molar refractivity (Wildman–Crippen MR) is 227 cm³/mol. The molecule has 0 aliphatic carbocycles. The van der Waals surface area contributed by atoms with Gasteiger partial charge in [0.05, 0.1) is 16.8 Å². The fourth-order valence-electron chi connectivity index (χ4n) is 10.6. The second-order valence-corrected chi connectivity index (χ2v) is 15.2. The van der Waals surface area contributed by atoms with E-state index in [1.165, 1.54) is 61.2 Å². The van der Waals surface area contributed by atoms with Crippen LogP contribution in [-0.2, 0) is 0 Å². The number of anilines is 9. The lowest BCUT2D eigenvalue weighted by molar-refractivity contribution is 0.483. The van der Waals surface area contributed by atoms with E-state index in [1.807, 2.05) is 6.07 Å². The third-order valence-corrected chi connectivity index (χ3v) is 12.6. The fraction of sp³-hybridized carbons (Fsp3) is 0. The van der Waals surface area contributed by atoms with E-state index in [-0.39, 0.29) is 13.4 Å². The minimum Gasteiger partial charge on any atom is -0.456 e. The summed E-state index contributed by atoms with van der Waals surface area (Å²) in [4.78, 5) is 7.57. The van der Waals surface area contributed by atoms with Crippen molar-refractivity contribution in [1.29, 1.82) is 0 Å². The Kier molecular flexibility index (Phi) is 5.11. The lowest BCUT2D eigenvalue weighted by atomic mass is 9.28. The van der Waals surface area contributed by atoms with Gasteiger partial charge < -0.3 is 23.9 Å². The van der Waals surface area contributed by atoms with Crippen LogP contribution in [0.3, 0.4) is 0 Å². The summed E-state index contributed by atoms with van der Waals surface area (Å²) in [6.07, 6.45) is 0. The van der Waals surface area contributed by atoms with Gasteiger partial charge in [0.2, 0.25) is 0 Å². The zero-order chi connectivity index (χ0) is 35.5. The predicted octanol–water partition coefficient (Wildman–Crippen LogP) is 8.39. The Balaban J connectivity index is 1.21. The van der Waals surface area contributed by atoms with Gasteiger partial charge in [-0.15, -0.1) is 0 Å².